The molecular weight excluding hydrogens is 386 g/mol. The van der Waals surface area contributed by atoms with Crippen molar-refractivity contribution in [1.29, 1.82) is 0 Å². The second kappa shape index (κ2) is 7.95. The Bertz CT molecular complexity index is 1110. The van der Waals surface area contributed by atoms with Crippen LogP contribution in [0.15, 0.2) is 41.5 Å². The van der Waals surface area contributed by atoms with Gasteiger partial charge in [0, 0.05) is 6.07 Å². The second-order valence-corrected chi connectivity index (χ2v) is 6.92. The number of nitro benzene ring substituents is 1. The number of rotatable bonds is 6. The number of ether oxygens (including phenoxy) is 1. The zero-order valence-corrected chi connectivity index (χ0v) is 16.0. The van der Waals surface area contributed by atoms with Crippen molar-refractivity contribution in [3.8, 4) is 5.75 Å². The highest BCUT2D eigenvalue weighted by molar-refractivity contribution is 6.33. The van der Waals surface area contributed by atoms with E-state index in [0.717, 1.165) is 17.2 Å². The summed E-state index contributed by atoms with van der Waals surface area (Å²) in [5.74, 6) is 0.660. The lowest BCUT2D eigenvalue weighted by Gasteiger charge is -2.15. The molecule has 9 heteroatoms. The predicted molar refractivity (Wildman–Crippen MR) is 105 cm³/mol. The fourth-order valence-electron chi connectivity index (χ4n) is 2.77. The van der Waals surface area contributed by atoms with Crippen molar-refractivity contribution in [3.63, 3.8) is 0 Å². The summed E-state index contributed by atoms with van der Waals surface area (Å²) in [6.45, 7) is 3.75. The van der Waals surface area contributed by atoms with E-state index in [1.807, 2.05) is 32.0 Å². The maximum Gasteiger partial charge on any atom is 0.288 e. The monoisotopic (exact) mass is 403 g/mol. The predicted octanol–water partition coefficient (Wildman–Crippen LogP) is 3.01. The summed E-state index contributed by atoms with van der Waals surface area (Å²) in [5, 5.41) is 21.3. The average Bonchev–Trinajstić information content (AvgIpc) is 2.64. The summed E-state index contributed by atoms with van der Waals surface area (Å²) >= 11 is 5.85. The molecule has 0 radical (unpaired) electrons. The number of hydrogen-bond acceptors (Lipinski definition) is 6. The van der Waals surface area contributed by atoms with Crippen molar-refractivity contribution in [2.24, 2.45) is 0 Å². The molecule has 3 aromatic rings. The molecule has 0 aliphatic carbocycles. The highest BCUT2D eigenvalue weighted by Crippen LogP contribution is 2.27. The number of halogens is 1. The minimum absolute atomic E-state index is 0.0183. The lowest BCUT2D eigenvalue weighted by molar-refractivity contribution is -0.384. The van der Waals surface area contributed by atoms with Gasteiger partial charge in [-0.15, -0.1) is 0 Å². The van der Waals surface area contributed by atoms with Gasteiger partial charge >= 0.3 is 0 Å². The van der Waals surface area contributed by atoms with Crippen LogP contribution in [0.4, 0.5) is 5.69 Å². The Balaban J connectivity index is 1.80. The van der Waals surface area contributed by atoms with E-state index in [9.17, 15) is 20.0 Å². The highest BCUT2D eigenvalue weighted by Gasteiger charge is 2.17. The molecule has 0 spiro atoms. The number of benzene rings is 2. The molecular formula is C19H18ClN3O5. The van der Waals surface area contributed by atoms with Crippen molar-refractivity contribution >= 4 is 28.2 Å². The van der Waals surface area contributed by atoms with Crippen molar-refractivity contribution in [2.45, 2.75) is 26.5 Å². The van der Waals surface area contributed by atoms with Gasteiger partial charge in [-0.05, 0) is 37.1 Å². The SMILES string of the molecule is Cc1ccc(C)c(OCC(O)Cn2cnc3cc(Cl)c([N+](=O)[O-])cc3c2=O)c1. The first kappa shape index (κ1) is 19.8. The van der Waals surface area contributed by atoms with Crippen molar-refractivity contribution < 1.29 is 14.8 Å². The van der Waals surface area contributed by atoms with Crippen molar-refractivity contribution in [1.82, 2.24) is 9.55 Å². The van der Waals surface area contributed by atoms with Crippen LogP contribution in [0.25, 0.3) is 10.9 Å². The molecule has 0 aliphatic heterocycles. The first-order valence-corrected chi connectivity index (χ1v) is 8.85. The molecule has 0 saturated carbocycles. The van der Waals surface area contributed by atoms with Crippen LogP contribution in [0.5, 0.6) is 5.75 Å². The Morgan fingerprint density at radius 2 is 2.07 bits per heavy atom. The zero-order valence-electron chi connectivity index (χ0n) is 15.3. The zero-order chi connectivity index (χ0) is 20.4. The normalized spacial score (nSPS) is 12.1. The lowest BCUT2D eigenvalue weighted by Crippen LogP contribution is -2.30. The van der Waals surface area contributed by atoms with Gasteiger partial charge in [0.05, 0.1) is 28.7 Å². The number of hydrogen-bond donors (Lipinski definition) is 1. The minimum atomic E-state index is -0.973. The van der Waals surface area contributed by atoms with Gasteiger partial charge in [-0.3, -0.25) is 19.5 Å². The van der Waals surface area contributed by atoms with Crippen molar-refractivity contribution in [3.05, 3.63) is 73.3 Å². The topological polar surface area (TPSA) is 107 Å². The Labute approximate surface area is 165 Å². The molecule has 0 amide bonds. The number of nitro groups is 1. The van der Waals surface area contributed by atoms with Gasteiger partial charge in [0.15, 0.2) is 0 Å². The molecule has 1 atom stereocenters. The maximum atomic E-state index is 12.6. The number of aliphatic hydroxyl groups is 1. The van der Waals surface area contributed by atoms with E-state index in [1.165, 1.54) is 17.0 Å². The molecule has 2 aromatic carbocycles. The molecule has 0 aliphatic rings. The first-order chi connectivity index (χ1) is 13.3. The third-order valence-electron chi connectivity index (χ3n) is 4.27. The van der Waals surface area contributed by atoms with Crippen molar-refractivity contribution in [2.75, 3.05) is 6.61 Å². The summed E-state index contributed by atoms with van der Waals surface area (Å²) in [7, 11) is 0. The number of aromatic nitrogens is 2. The van der Waals surface area contributed by atoms with Crippen LogP contribution >= 0.6 is 11.6 Å². The molecule has 1 N–H and O–H groups in total. The largest absolute Gasteiger partial charge is 0.491 e. The van der Waals surface area contributed by atoms with Gasteiger partial charge in [0.2, 0.25) is 0 Å². The Morgan fingerprint density at radius 3 is 2.79 bits per heavy atom. The van der Waals surface area contributed by atoms with Gasteiger partial charge in [0.1, 0.15) is 23.5 Å². The molecule has 0 saturated heterocycles. The second-order valence-electron chi connectivity index (χ2n) is 6.51. The summed E-state index contributed by atoms with van der Waals surface area (Å²) in [5.41, 5.74) is 1.34. The van der Waals surface area contributed by atoms with E-state index in [2.05, 4.69) is 4.98 Å². The van der Waals surface area contributed by atoms with E-state index in [-0.39, 0.29) is 34.8 Å². The average molecular weight is 404 g/mol. The quantitative estimate of drug-likeness (QED) is 0.500. The number of nitrogens with zero attached hydrogens (tertiary/aromatic N) is 3. The molecule has 1 aromatic heterocycles. The minimum Gasteiger partial charge on any atom is -0.491 e. The van der Waals surface area contributed by atoms with Crippen LogP contribution in [0.3, 0.4) is 0 Å². The van der Waals surface area contributed by atoms with E-state index in [1.54, 1.807) is 0 Å². The fraction of sp³-hybridized carbons (Fsp3) is 0.263. The number of aliphatic hydroxyl groups excluding tert-OH is 1. The van der Waals surface area contributed by atoms with Crippen LogP contribution in [0, 0.1) is 24.0 Å². The smallest absolute Gasteiger partial charge is 0.288 e. The maximum absolute atomic E-state index is 12.6. The first-order valence-electron chi connectivity index (χ1n) is 8.47. The van der Waals surface area contributed by atoms with Crippen LogP contribution in [-0.2, 0) is 6.54 Å². The third-order valence-corrected chi connectivity index (χ3v) is 4.57. The summed E-state index contributed by atoms with van der Waals surface area (Å²) < 4.78 is 6.84. The molecule has 1 unspecified atom stereocenters. The Hall–Kier alpha value is -2.97. The van der Waals surface area contributed by atoms with E-state index in [4.69, 9.17) is 16.3 Å². The highest BCUT2D eigenvalue weighted by atomic mass is 35.5. The van der Waals surface area contributed by atoms with Crippen LogP contribution in [0.1, 0.15) is 11.1 Å². The summed E-state index contributed by atoms with van der Waals surface area (Å²) in [4.78, 5) is 27.1. The lowest BCUT2D eigenvalue weighted by atomic mass is 10.1. The van der Waals surface area contributed by atoms with Gasteiger partial charge in [-0.2, -0.15) is 0 Å². The number of aryl methyl sites for hydroxylation is 2. The van der Waals surface area contributed by atoms with Crippen LogP contribution in [-0.4, -0.2) is 32.3 Å². The van der Waals surface area contributed by atoms with Crippen LogP contribution < -0.4 is 10.3 Å². The molecule has 1 heterocycles. The molecule has 28 heavy (non-hydrogen) atoms. The third kappa shape index (κ3) is 4.13. The molecule has 0 bridgehead atoms. The van der Waals surface area contributed by atoms with Crippen LogP contribution in [0.2, 0.25) is 5.02 Å². The van der Waals surface area contributed by atoms with E-state index < -0.39 is 16.6 Å². The summed E-state index contributed by atoms with van der Waals surface area (Å²) in [6.07, 6.45) is 0.299. The van der Waals surface area contributed by atoms with E-state index in [0.29, 0.717) is 5.75 Å². The summed E-state index contributed by atoms with van der Waals surface area (Å²) in [6, 6.07) is 8.13. The van der Waals surface area contributed by atoms with Gasteiger partial charge in [0.25, 0.3) is 11.2 Å². The Kier molecular flexibility index (Phi) is 5.62. The molecule has 146 valence electrons. The Morgan fingerprint density at radius 1 is 1.32 bits per heavy atom. The van der Waals surface area contributed by atoms with Gasteiger partial charge in [-0.1, -0.05) is 23.7 Å². The number of fused-ring (bicyclic) bond motifs is 1. The molecule has 3 rings (SSSR count). The van der Waals surface area contributed by atoms with Gasteiger partial charge < -0.3 is 9.84 Å². The fourth-order valence-corrected chi connectivity index (χ4v) is 2.99. The molecule has 0 fully saturated rings. The van der Waals surface area contributed by atoms with E-state index >= 15 is 0 Å². The van der Waals surface area contributed by atoms with Gasteiger partial charge in [-0.25, -0.2) is 4.98 Å². The standard InChI is InChI=1S/C19H18ClN3O5/c1-11-3-4-12(2)18(5-11)28-9-13(24)8-22-10-21-16-7-15(20)17(23(26)27)6-14(16)19(22)25/h3-7,10,13,24H,8-9H2,1-2H3. The molecule has 8 nitrogen and oxygen atoms in total.